The molecule has 0 bridgehead atoms. The van der Waals surface area contributed by atoms with E-state index in [1.807, 2.05) is 6.07 Å². The number of carbonyl (C=O) groups is 2. The Morgan fingerprint density at radius 3 is 3.00 bits per heavy atom. The van der Waals surface area contributed by atoms with Gasteiger partial charge in [0.15, 0.2) is 0 Å². The van der Waals surface area contributed by atoms with Crippen LogP contribution < -0.4 is 4.74 Å². The van der Waals surface area contributed by atoms with Gasteiger partial charge in [-0.05, 0) is 30.5 Å². The van der Waals surface area contributed by atoms with Crippen molar-refractivity contribution in [3.8, 4) is 5.75 Å². The molecule has 1 aliphatic rings. The molecule has 5 nitrogen and oxygen atoms in total. The molecule has 1 heterocycles. The van der Waals surface area contributed by atoms with Gasteiger partial charge in [-0.3, -0.25) is 9.59 Å². The lowest BCUT2D eigenvalue weighted by Crippen LogP contribution is -2.26. The van der Waals surface area contributed by atoms with Gasteiger partial charge in [0.05, 0.1) is 13.0 Å². The van der Waals surface area contributed by atoms with E-state index in [1.54, 1.807) is 24.1 Å². The highest BCUT2D eigenvalue weighted by Gasteiger charge is 2.20. The zero-order valence-electron chi connectivity index (χ0n) is 10.9. The fourth-order valence-electron chi connectivity index (χ4n) is 2.13. The van der Waals surface area contributed by atoms with Crippen LogP contribution in [0.4, 0.5) is 0 Å². The highest BCUT2D eigenvalue weighted by Crippen LogP contribution is 2.23. The van der Waals surface area contributed by atoms with Crippen molar-refractivity contribution in [2.24, 2.45) is 0 Å². The molecule has 0 saturated heterocycles. The van der Waals surface area contributed by atoms with Gasteiger partial charge in [-0.1, -0.05) is 6.07 Å². The lowest BCUT2D eigenvalue weighted by atomic mass is 10.0. The lowest BCUT2D eigenvalue weighted by Gasteiger charge is -2.14. The monoisotopic (exact) mass is 263 g/mol. The van der Waals surface area contributed by atoms with Crippen molar-refractivity contribution >= 4 is 11.9 Å². The average Bonchev–Trinajstić information content (AvgIpc) is 2.50. The van der Waals surface area contributed by atoms with Crippen LogP contribution in [0.1, 0.15) is 28.8 Å². The van der Waals surface area contributed by atoms with Crippen LogP contribution in [0.2, 0.25) is 0 Å². The summed E-state index contributed by atoms with van der Waals surface area (Å²) in [6.45, 7) is 0.862. The second-order valence-electron chi connectivity index (χ2n) is 4.64. The van der Waals surface area contributed by atoms with Gasteiger partial charge in [0.2, 0.25) is 0 Å². The van der Waals surface area contributed by atoms with Crippen molar-refractivity contribution in [2.45, 2.75) is 19.3 Å². The Hall–Kier alpha value is -2.04. The van der Waals surface area contributed by atoms with Gasteiger partial charge in [0.25, 0.3) is 5.91 Å². The van der Waals surface area contributed by atoms with Crippen LogP contribution in [0.15, 0.2) is 18.2 Å². The molecular formula is C14H17NO4. The van der Waals surface area contributed by atoms with Gasteiger partial charge in [-0.25, -0.2) is 0 Å². The summed E-state index contributed by atoms with van der Waals surface area (Å²) in [6, 6.07) is 5.39. The first-order valence-electron chi connectivity index (χ1n) is 6.31. The van der Waals surface area contributed by atoms with Gasteiger partial charge >= 0.3 is 5.97 Å². The summed E-state index contributed by atoms with van der Waals surface area (Å²) in [5, 5.41) is 8.56. The summed E-state index contributed by atoms with van der Waals surface area (Å²) in [5.74, 6) is -0.356. The number of carboxylic acids is 1. The zero-order chi connectivity index (χ0) is 13.8. The number of fused-ring (bicyclic) bond motifs is 1. The van der Waals surface area contributed by atoms with Crippen molar-refractivity contribution in [1.82, 2.24) is 4.90 Å². The lowest BCUT2D eigenvalue weighted by molar-refractivity contribution is -0.137. The fourth-order valence-corrected chi connectivity index (χ4v) is 2.13. The third-order valence-corrected chi connectivity index (χ3v) is 3.18. The number of aryl methyl sites for hydroxylation is 1. The third kappa shape index (κ3) is 3.24. The van der Waals surface area contributed by atoms with E-state index in [2.05, 4.69) is 0 Å². The molecule has 0 saturated carbocycles. The minimum absolute atomic E-state index is 0.00353. The quantitative estimate of drug-likeness (QED) is 0.895. The molecule has 0 unspecified atom stereocenters. The molecule has 1 aromatic carbocycles. The largest absolute Gasteiger partial charge is 0.493 e. The smallest absolute Gasteiger partial charge is 0.306 e. The molecule has 5 heteroatoms. The number of ether oxygens (including phenoxy) is 1. The summed E-state index contributed by atoms with van der Waals surface area (Å²) in [6.07, 6.45) is 1.78. The van der Waals surface area contributed by atoms with Gasteiger partial charge in [0.1, 0.15) is 5.75 Å². The fraction of sp³-hybridized carbons (Fsp3) is 0.429. The first kappa shape index (κ1) is 13.4. The molecule has 2 rings (SSSR count). The Morgan fingerprint density at radius 2 is 2.26 bits per heavy atom. The highest BCUT2D eigenvalue weighted by atomic mass is 16.5. The number of rotatable bonds is 4. The normalized spacial score (nSPS) is 14.8. The molecule has 0 aliphatic carbocycles. The van der Waals surface area contributed by atoms with Crippen LogP contribution >= 0.6 is 0 Å². The molecule has 0 atom stereocenters. The van der Waals surface area contributed by atoms with E-state index in [0.717, 1.165) is 24.9 Å². The minimum Gasteiger partial charge on any atom is -0.493 e. The van der Waals surface area contributed by atoms with E-state index in [1.165, 1.54) is 0 Å². The van der Waals surface area contributed by atoms with Crippen molar-refractivity contribution in [2.75, 3.05) is 20.2 Å². The molecule has 1 N–H and O–H groups in total. The number of amides is 1. The zero-order valence-corrected chi connectivity index (χ0v) is 10.9. The Morgan fingerprint density at radius 1 is 1.47 bits per heavy atom. The van der Waals surface area contributed by atoms with Gasteiger partial charge in [-0.2, -0.15) is 0 Å². The number of nitrogens with zero attached hydrogens (tertiary/aromatic N) is 1. The predicted octanol–water partition coefficient (Wildman–Crippen LogP) is 1.56. The number of carboxylic acid groups (broad SMARTS) is 1. The first-order valence-corrected chi connectivity index (χ1v) is 6.31. The topological polar surface area (TPSA) is 66.8 Å². The molecular weight excluding hydrogens is 246 g/mol. The standard InChI is InChI=1S/C14H17NO4/c1-15-7-2-3-10-4-5-11(9-12(10)14(15)18)19-8-6-13(16)17/h4-5,9H,2-3,6-8H2,1H3,(H,16,17). The predicted molar refractivity (Wildman–Crippen MR) is 69.5 cm³/mol. The van der Waals surface area contributed by atoms with Crippen molar-refractivity contribution < 1.29 is 19.4 Å². The maximum atomic E-state index is 12.1. The molecule has 0 radical (unpaired) electrons. The summed E-state index contributed by atoms with van der Waals surface area (Å²) in [7, 11) is 1.79. The average molecular weight is 263 g/mol. The van der Waals surface area contributed by atoms with E-state index in [-0.39, 0.29) is 18.9 Å². The van der Waals surface area contributed by atoms with Gasteiger partial charge < -0.3 is 14.7 Å². The third-order valence-electron chi connectivity index (χ3n) is 3.18. The SMILES string of the molecule is CN1CCCc2ccc(OCCC(=O)O)cc2C1=O. The first-order chi connectivity index (χ1) is 9.08. The van der Waals surface area contributed by atoms with E-state index >= 15 is 0 Å². The van der Waals surface area contributed by atoms with Crippen LogP contribution in [0.5, 0.6) is 5.75 Å². The number of hydrogen-bond acceptors (Lipinski definition) is 3. The Balaban J connectivity index is 2.15. The molecule has 0 fully saturated rings. The molecule has 1 aliphatic heterocycles. The van der Waals surface area contributed by atoms with Crippen molar-refractivity contribution in [3.63, 3.8) is 0 Å². The second-order valence-corrected chi connectivity index (χ2v) is 4.64. The van der Waals surface area contributed by atoms with E-state index in [9.17, 15) is 9.59 Å². The van der Waals surface area contributed by atoms with Crippen LogP contribution in [0.3, 0.4) is 0 Å². The van der Waals surface area contributed by atoms with Crippen LogP contribution in [-0.4, -0.2) is 42.1 Å². The summed E-state index contributed by atoms with van der Waals surface area (Å²) in [5.41, 5.74) is 1.69. The Bertz CT molecular complexity index is 498. The number of carbonyl (C=O) groups excluding carboxylic acids is 1. The molecule has 102 valence electrons. The van der Waals surface area contributed by atoms with E-state index in [4.69, 9.17) is 9.84 Å². The van der Waals surface area contributed by atoms with E-state index < -0.39 is 5.97 Å². The van der Waals surface area contributed by atoms with Crippen molar-refractivity contribution in [1.29, 1.82) is 0 Å². The number of benzene rings is 1. The highest BCUT2D eigenvalue weighted by molar-refractivity contribution is 5.96. The molecule has 1 aromatic rings. The van der Waals surface area contributed by atoms with Crippen LogP contribution in [-0.2, 0) is 11.2 Å². The van der Waals surface area contributed by atoms with Crippen LogP contribution in [0.25, 0.3) is 0 Å². The molecule has 0 spiro atoms. The second kappa shape index (κ2) is 5.73. The van der Waals surface area contributed by atoms with Gasteiger partial charge in [0, 0.05) is 19.2 Å². The molecule has 19 heavy (non-hydrogen) atoms. The maximum Gasteiger partial charge on any atom is 0.306 e. The van der Waals surface area contributed by atoms with Gasteiger partial charge in [-0.15, -0.1) is 0 Å². The van der Waals surface area contributed by atoms with E-state index in [0.29, 0.717) is 11.3 Å². The number of aliphatic carboxylic acids is 1. The molecule has 0 aromatic heterocycles. The summed E-state index contributed by atoms with van der Waals surface area (Å²) < 4.78 is 5.36. The Kier molecular flexibility index (Phi) is 4.04. The summed E-state index contributed by atoms with van der Waals surface area (Å²) >= 11 is 0. The Labute approximate surface area is 111 Å². The van der Waals surface area contributed by atoms with Crippen LogP contribution in [0, 0.1) is 0 Å². The number of hydrogen-bond donors (Lipinski definition) is 1. The minimum atomic E-state index is -0.898. The molecule has 1 amide bonds. The maximum absolute atomic E-state index is 12.1. The summed E-state index contributed by atoms with van der Waals surface area (Å²) in [4.78, 5) is 24.3. The van der Waals surface area contributed by atoms with Crippen molar-refractivity contribution in [3.05, 3.63) is 29.3 Å².